The van der Waals surface area contributed by atoms with Gasteiger partial charge in [-0.3, -0.25) is 0 Å². The molecule has 2 atom stereocenters. The molecule has 0 unspecified atom stereocenters. The van der Waals surface area contributed by atoms with E-state index in [1.165, 1.54) is 26.4 Å². The van der Waals surface area contributed by atoms with Crippen molar-refractivity contribution >= 4 is 11.9 Å². The van der Waals surface area contributed by atoms with Gasteiger partial charge < -0.3 is 24.3 Å². The summed E-state index contributed by atoms with van der Waals surface area (Å²) in [6.07, 6.45) is -1.13. The van der Waals surface area contributed by atoms with Crippen LogP contribution >= 0.6 is 0 Å². The minimum Gasteiger partial charge on any atom is -0.459 e. The Balaban J connectivity index is 1.66. The van der Waals surface area contributed by atoms with E-state index < -0.39 is 41.7 Å². The molecule has 9 heteroatoms. The highest BCUT2D eigenvalue weighted by Gasteiger charge is 2.40. The van der Waals surface area contributed by atoms with Crippen LogP contribution in [0.4, 0.5) is 8.78 Å². The van der Waals surface area contributed by atoms with Crippen LogP contribution in [0, 0.1) is 11.6 Å². The van der Waals surface area contributed by atoms with Crippen molar-refractivity contribution in [3.8, 4) is 0 Å². The fourth-order valence-electron chi connectivity index (χ4n) is 4.98. The second-order valence-electron chi connectivity index (χ2n) is 9.75. The Kier molecular flexibility index (Phi) is 10.2. The van der Waals surface area contributed by atoms with Gasteiger partial charge in [0.15, 0.2) is 11.6 Å². The number of allylic oxidation sites excluding steroid dienone is 2. The molecule has 1 heterocycles. The summed E-state index contributed by atoms with van der Waals surface area (Å²) in [5.41, 5.74) is 1.94. The summed E-state index contributed by atoms with van der Waals surface area (Å²) in [5.74, 6) is -5.24. The molecule has 1 N–H and O–H groups in total. The molecule has 1 aliphatic heterocycles. The fourth-order valence-corrected chi connectivity index (χ4v) is 4.98. The van der Waals surface area contributed by atoms with Crippen molar-refractivity contribution in [1.82, 2.24) is 5.32 Å². The number of halogens is 2. The minimum absolute atomic E-state index is 0.0497. The van der Waals surface area contributed by atoms with Crippen molar-refractivity contribution in [2.75, 3.05) is 27.4 Å². The Morgan fingerprint density at radius 2 is 1.17 bits per heavy atom. The Morgan fingerprint density at radius 1 is 0.714 bits per heavy atom. The highest BCUT2D eigenvalue weighted by atomic mass is 19.2. The maximum Gasteiger partial charge on any atom is 0.336 e. The van der Waals surface area contributed by atoms with Gasteiger partial charge in [-0.2, -0.15) is 0 Å². The van der Waals surface area contributed by atoms with Gasteiger partial charge in [-0.25, -0.2) is 18.4 Å². The van der Waals surface area contributed by atoms with E-state index in [0.29, 0.717) is 11.4 Å². The van der Waals surface area contributed by atoms with E-state index in [-0.39, 0.29) is 29.9 Å². The maximum absolute atomic E-state index is 15.3. The SMILES string of the molecule is CO[C@@H](COC(=O)C1=C(C)NC(C)=C(C(=O)OC[C@H](OC)c2ccccc2)C1c1cccc(F)c1F)c1ccccc1. The van der Waals surface area contributed by atoms with Gasteiger partial charge >= 0.3 is 11.9 Å². The molecule has 0 aliphatic carbocycles. The summed E-state index contributed by atoms with van der Waals surface area (Å²) in [6, 6.07) is 22.0. The normalized spacial score (nSPS) is 15.2. The first-order valence-electron chi connectivity index (χ1n) is 13.4. The predicted octanol–water partition coefficient (Wildman–Crippen LogP) is 6.06. The number of hydrogen-bond donors (Lipinski definition) is 1. The van der Waals surface area contributed by atoms with Crippen LogP contribution in [0.5, 0.6) is 0 Å². The summed E-state index contributed by atoms with van der Waals surface area (Å²) in [6.45, 7) is 2.91. The molecule has 7 nitrogen and oxygen atoms in total. The lowest BCUT2D eigenvalue weighted by molar-refractivity contribution is -0.144. The van der Waals surface area contributed by atoms with Gasteiger partial charge in [-0.1, -0.05) is 72.8 Å². The smallest absolute Gasteiger partial charge is 0.336 e. The van der Waals surface area contributed by atoms with Crippen LogP contribution in [0.15, 0.2) is 101 Å². The molecule has 0 radical (unpaired) electrons. The zero-order valence-corrected chi connectivity index (χ0v) is 23.9. The molecule has 4 rings (SSSR count). The van der Waals surface area contributed by atoms with E-state index in [1.807, 2.05) is 60.7 Å². The van der Waals surface area contributed by atoms with E-state index in [0.717, 1.165) is 17.2 Å². The molecule has 3 aromatic carbocycles. The van der Waals surface area contributed by atoms with Gasteiger partial charge in [0.1, 0.15) is 25.4 Å². The van der Waals surface area contributed by atoms with Gasteiger partial charge in [0, 0.05) is 31.2 Å². The monoisotopic (exact) mass is 577 g/mol. The number of nitrogens with one attached hydrogen (secondary N) is 1. The summed E-state index contributed by atoms with van der Waals surface area (Å²) < 4.78 is 52.1. The van der Waals surface area contributed by atoms with Crippen LogP contribution in [0.2, 0.25) is 0 Å². The molecule has 1 aliphatic rings. The van der Waals surface area contributed by atoms with Gasteiger partial charge in [0.2, 0.25) is 0 Å². The lowest BCUT2D eigenvalue weighted by atomic mass is 9.80. The lowest BCUT2D eigenvalue weighted by Crippen LogP contribution is -2.33. The molecule has 0 aromatic heterocycles. The summed E-state index contributed by atoms with van der Waals surface area (Å²) in [5, 5.41) is 3.02. The van der Waals surface area contributed by atoms with Crippen LogP contribution in [0.3, 0.4) is 0 Å². The number of benzene rings is 3. The molecule has 0 bridgehead atoms. The number of ether oxygens (including phenoxy) is 4. The van der Waals surface area contributed by atoms with Crippen LogP contribution in [-0.2, 0) is 28.5 Å². The zero-order valence-electron chi connectivity index (χ0n) is 23.9. The van der Waals surface area contributed by atoms with Crippen LogP contribution in [0.1, 0.15) is 48.7 Å². The molecule has 0 saturated heterocycles. The average molecular weight is 578 g/mol. The molecule has 0 amide bonds. The minimum atomic E-state index is -1.31. The number of rotatable bonds is 11. The average Bonchev–Trinajstić information content (AvgIpc) is 2.99. The number of carbonyl (C=O) groups excluding carboxylic acids is 2. The number of carbonyl (C=O) groups is 2. The standard InChI is InChI=1S/C33H33F2NO6/c1-20-28(32(37)41-18-26(39-3)22-12-7-5-8-13-22)30(24-16-11-17-25(34)31(24)35)29(21(2)36-20)33(38)42-19-27(40-4)23-14-9-6-10-15-23/h5-17,26-27,30,36H,18-19H2,1-4H3/t26-,27-/m0/s1. The first-order valence-corrected chi connectivity index (χ1v) is 13.4. The van der Waals surface area contributed by atoms with E-state index in [9.17, 15) is 14.0 Å². The second kappa shape index (κ2) is 14.0. The van der Waals surface area contributed by atoms with Gasteiger partial charge in [-0.05, 0) is 31.0 Å². The quantitative estimate of drug-likeness (QED) is 0.277. The Morgan fingerprint density at radius 3 is 1.60 bits per heavy atom. The summed E-state index contributed by atoms with van der Waals surface area (Å²) >= 11 is 0. The van der Waals surface area contributed by atoms with Crippen molar-refractivity contribution in [1.29, 1.82) is 0 Å². The number of hydrogen-bond acceptors (Lipinski definition) is 7. The third-order valence-electron chi connectivity index (χ3n) is 7.14. The topological polar surface area (TPSA) is 83.1 Å². The first kappa shape index (κ1) is 30.6. The third kappa shape index (κ3) is 6.75. The van der Waals surface area contributed by atoms with E-state index in [1.54, 1.807) is 13.8 Å². The van der Waals surface area contributed by atoms with E-state index in [4.69, 9.17) is 18.9 Å². The third-order valence-corrected chi connectivity index (χ3v) is 7.14. The summed E-state index contributed by atoms with van der Waals surface area (Å²) in [7, 11) is 2.98. The van der Waals surface area contributed by atoms with Crippen molar-refractivity contribution in [2.24, 2.45) is 0 Å². The molecule has 3 aromatic rings. The van der Waals surface area contributed by atoms with Crippen LogP contribution in [-0.4, -0.2) is 39.4 Å². The van der Waals surface area contributed by atoms with E-state index >= 15 is 4.39 Å². The summed E-state index contributed by atoms with van der Waals surface area (Å²) in [4.78, 5) is 27.3. The highest BCUT2D eigenvalue weighted by molar-refractivity contribution is 6.00. The van der Waals surface area contributed by atoms with E-state index in [2.05, 4.69) is 5.32 Å². The fraction of sp³-hybridized carbons (Fsp3) is 0.273. The van der Waals surface area contributed by atoms with Crippen molar-refractivity contribution < 1.29 is 37.3 Å². The maximum atomic E-state index is 15.3. The zero-order chi connectivity index (χ0) is 30.2. The molecular formula is C33H33F2NO6. The molecule has 0 fully saturated rings. The Bertz CT molecular complexity index is 1390. The number of dihydropyridines is 1. The van der Waals surface area contributed by atoms with Crippen molar-refractivity contribution in [3.05, 3.63) is 130 Å². The van der Waals surface area contributed by atoms with Gasteiger partial charge in [0.05, 0.1) is 17.1 Å². The predicted molar refractivity (Wildman–Crippen MR) is 152 cm³/mol. The van der Waals surface area contributed by atoms with Crippen molar-refractivity contribution in [3.63, 3.8) is 0 Å². The Hall–Kier alpha value is -4.34. The molecule has 0 spiro atoms. The number of methoxy groups -OCH3 is 2. The van der Waals surface area contributed by atoms with Gasteiger partial charge in [-0.15, -0.1) is 0 Å². The largest absolute Gasteiger partial charge is 0.459 e. The van der Waals surface area contributed by atoms with Crippen LogP contribution in [0.25, 0.3) is 0 Å². The van der Waals surface area contributed by atoms with Gasteiger partial charge in [0.25, 0.3) is 0 Å². The molecule has 0 saturated carbocycles. The highest BCUT2D eigenvalue weighted by Crippen LogP contribution is 2.41. The lowest BCUT2D eigenvalue weighted by Gasteiger charge is -2.31. The molecular weight excluding hydrogens is 544 g/mol. The first-order chi connectivity index (χ1) is 20.3. The number of esters is 2. The van der Waals surface area contributed by atoms with Crippen LogP contribution < -0.4 is 5.32 Å². The molecule has 42 heavy (non-hydrogen) atoms. The Labute approximate surface area is 243 Å². The van der Waals surface area contributed by atoms with Crippen molar-refractivity contribution in [2.45, 2.75) is 32.0 Å². The second-order valence-corrected chi connectivity index (χ2v) is 9.75. The molecule has 220 valence electrons.